The number of hydrogen-bond donors (Lipinski definition) is 1. The topological polar surface area (TPSA) is 126 Å². The lowest BCUT2D eigenvalue weighted by molar-refractivity contribution is -0.0299. The van der Waals surface area contributed by atoms with Crippen LogP contribution < -0.4 is 14.4 Å². The van der Waals surface area contributed by atoms with Crippen molar-refractivity contribution < 1.29 is 31.8 Å². The Bertz CT molecular complexity index is 1560. The van der Waals surface area contributed by atoms with Gasteiger partial charge < -0.3 is 28.9 Å². The lowest BCUT2D eigenvalue weighted by Gasteiger charge is -2.54. The Kier molecular flexibility index (Phi) is 9.64. The van der Waals surface area contributed by atoms with E-state index in [1.165, 1.54) is 24.5 Å². The molecule has 48 heavy (non-hydrogen) atoms. The van der Waals surface area contributed by atoms with Crippen LogP contribution >= 0.6 is 0 Å². The summed E-state index contributed by atoms with van der Waals surface area (Å²) in [6.45, 7) is 9.91. The molecule has 1 aliphatic carbocycles. The Morgan fingerprint density at radius 1 is 1.12 bits per heavy atom. The number of carbonyl (C=O) groups is 1. The predicted octanol–water partition coefficient (Wildman–Crippen LogP) is 3.58. The van der Waals surface area contributed by atoms with Crippen LogP contribution in [-0.4, -0.2) is 116 Å². The second-order valence-electron chi connectivity index (χ2n) is 14.5. The molecule has 0 radical (unpaired) electrons. The first-order chi connectivity index (χ1) is 23.1. The Balaban J connectivity index is 0.937. The third-order valence-corrected chi connectivity index (χ3v) is 12.5. The molecule has 262 valence electrons. The van der Waals surface area contributed by atoms with Crippen molar-refractivity contribution in [3.8, 4) is 11.5 Å². The molecule has 0 bridgehead atoms. The minimum Gasteiger partial charge on any atom is -0.451 e. The largest absolute Gasteiger partial charge is 0.451 e. The van der Waals surface area contributed by atoms with Crippen LogP contribution in [0.1, 0.15) is 69.2 Å². The molecule has 1 aromatic heterocycles. The summed E-state index contributed by atoms with van der Waals surface area (Å²) in [5, 5.41) is -0.205. The standard InChI is InChI=1S/C34H47FN6O6S/c1-23(2)41(26-9-14-45-19-26)33(42)29-15-24(35)3-8-30(29)47-31-16-36-22-37-32(31)40-20-34(21-40)10-12-39(13-11-34)17-27-5-4-25(18-46-27)38-48(43,44)28-6-7-28/h3,8,15-16,22-23,25-28,38H,4-7,9-14,17-21H2,1-2H3/t25-,26-,27+/m1/s1. The lowest BCUT2D eigenvalue weighted by atomic mass is 9.72. The highest BCUT2D eigenvalue weighted by molar-refractivity contribution is 7.90. The van der Waals surface area contributed by atoms with Gasteiger partial charge in [0.2, 0.25) is 10.0 Å². The van der Waals surface area contributed by atoms with Crippen molar-refractivity contribution in [3.63, 3.8) is 0 Å². The number of rotatable bonds is 11. The third kappa shape index (κ3) is 7.32. The first kappa shape index (κ1) is 33.6. The van der Waals surface area contributed by atoms with Gasteiger partial charge in [-0.05, 0) is 90.1 Å². The normalized spacial score (nSPS) is 26.1. The fourth-order valence-electron chi connectivity index (χ4n) is 7.68. The van der Waals surface area contributed by atoms with Crippen LogP contribution in [0.25, 0.3) is 0 Å². The number of nitrogens with one attached hydrogen (secondary N) is 1. The summed E-state index contributed by atoms with van der Waals surface area (Å²) in [7, 11) is -3.19. The van der Waals surface area contributed by atoms with E-state index in [-0.39, 0.29) is 52.1 Å². The van der Waals surface area contributed by atoms with E-state index in [0.717, 1.165) is 77.7 Å². The van der Waals surface area contributed by atoms with Gasteiger partial charge in [-0.2, -0.15) is 0 Å². The molecule has 5 aliphatic rings. The van der Waals surface area contributed by atoms with E-state index in [1.807, 2.05) is 13.8 Å². The van der Waals surface area contributed by atoms with Gasteiger partial charge in [0.15, 0.2) is 11.6 Å². The van der Waals surface area contributed by atoms with Crippen molar-refractivity contribution in [2.75, 3.05) is 57.4 Å². The van der Waals surface area contributed by atoms with Crippen molar-refractivity contribution >= 4 is 21.7 Å². The summed E-state index contributed by atoms with van der Waals surface area (Å²) >= 11 is 0. The third-order valence-electron chi connectivity index (χ3n) is 10.5. The minimum atomic E-state index is -3.19. The van der Waals surface area contributed by atoms with Gasteiger partial charge in [-0.1, -0.05) is 0 Å². The molecular weight excluding hydrogens is 639 g/mol. The number of anilines is 1. The molecule has 7 rings (SSSR count). The van der Waals surface area contributed by atoms with Gasteiger partial charge in [0, 0.05) is 43.7 Å². The molecule has 0 unspecified atom stereocenters. The van der Waals surface area contributed by atoms with E-state index in [4.69, 9.17) is 14.2 Å². The average Bonchev–Trinajstić information content (AvgIpc) is 3.80. The maximum atomic E-state index is 14.5. The van der Waals surface area contributed by atoms with Crippen LogP contribution in [0.5, 0.6) is 11.5 Å². The first-order valence-electron chi connectivity index (χ1n) is 17.4. The molecule has 1 amide bonds. The predicted molar refractivity (Wildman–Crippen MR) is 177 cm³/mol. The summed E-state index contributed by atoms with van der Waals surface area (Å²) in [5.41, 5.74) is 0.353. The van der Waals surface area contributed by atoms with Crippen molar-refractivity contribution in [2.24, 2.45) is 5.41 Å². The molecule has 14 heteroatoms. The van der Waals surface area contributed by atoms with E-state index < -0.39 is 15.8 Å². The number of sulfonamides is 1. The fourth-order valence-corrected chi connectivity index (χ4v) is 9.28. The summed E-state index contributed by atoms with van der Waals surface area (Å²) < 4.78 is 59.9. The fraction of sp³-hybridized carbons (Fsp3) is 0.676. The SMILES string of the molecule is CC(C)N(C(=O)c1cc(F)ccc1Oc1cncnc1N1CC2(CCN(C[C@@H]3CC[C@@H](NS(=O)(=O)C4CC4)CO3)CC2)C1)[C@@H]1CCOC1. The van der Waals surface area contributed by atoms with Crippen molar-refractivity contribution in [2.45, 2.75) is 88.3 Å². The summed E-state index contributed by atoms with van der Waals surface area (Å²) in [6.07, 6.45) is 9.29. The van der Waals surface area contributed by atoms with Gasteiger partial charge in [0.1, 0.15) is 17.9 Å². The number of aromatic nitrogens is 2. The number of amides is 1. The Morgan fingerprint density at radius 3 is 2.58 bits per heavy atom. The molecule has 1 aromatic carbocycles. The lowest BCUT2D eigenvalue weighted by Crippen LogP contribution is -2.61. The molecule has 1 N–H and O–H groups in total. The van der Waals surface area contributed by atoms with E-state index in [0.29, 0.717) is 31.4 Å². The van der Waals surface area contributed by atoms with Crippen LogP contribution in [0.15, 0.2) is 30.7 Å². The van der Waals surface area contributed by atoms with Gasteiger partial charge >= 0.3 is 0 Å². The second kappa shape index (κ2) is 13.8. The molecule has 5 heterocycles. The maximum Gasteiger partial charge on any atom is 0.258 e. The molecule has 4 saturated heterocycles. The van der Waals surface area contributed by atoms with Crippen LogP contribution in [-0.2, 0) is 19.5 Å². The highest BCUT2D eigenvalue weighted by Gasteiger charge is 2.46. The quantitative estimate of drug-likeness (QED) is 0.375. The van der Waals surface area contributed by atoms with Crippen LogP contribution in [0.2, 0.25) is 0 Å². The zero-order valence-electron chi connectivity index (χ0n) is 27.9. The van der Waals surface area contributed by atoms with Gasteiger partial charge in [0.25, 0.3) is 5.91 Å². The smallest absolute Gasteiger partial charge is 0.258 e. The first-order valence-corrected chi connectivity index (χ1v) is 18.9. The zero-order chi connectivity index (χ0) is 33.5. The van der Waals surface area contributed by atoms with Gasteiger partial charge in [-0.25, -0.2) is 27.5 Å². The van der Waals surface area contributed by atoms with Crippen molar-refractivity contribution in [3.05, 3.63) is 42.1 Å². The van der Waals surface area contributed by atoms with Crippen molar-refractivity contribution in [1.29, 1.82) is 0 Å². The van der Waals surface area contributed by atoms with E-state index in [1.54, 1.807) is 11.1 Å². The van der Waals surface area contributed by atoms with Gasteiger partial charge in [0.05, 0.1) is 42.4 Å². The maximum absolute atomic E-state index is 14.5. The van der Waals surface area contributed by atoms with E-state index >= 15 is 0 Å². The zero-order valence-corrected chi connectivity index (χ0v) is 28.7. The summed E-state index contributed by atoms with van der Waals surface area (Å²) in [4.78, 5) is 29.0. The van der Waals surface area contributed by atoms with Gasteiger partial charge in [-0.15, -0.1) is 0 Å². The van der Waals surface area contributed by atoms with Crippen molar-refractivity contribution in [1.82, 2.24) is 24.5 Å². The molecule has 2 aromatic rings. The number of hydrogen-bond acceptors (Lipinski definition) is 10. The van der Waals surface area contributed by atoms with E-state index in [2.05, 4.69) is 24.5 Å². The van der Waals surface area contributed by atoms with Crippen LogP contribution in [0.4, 0.5) is 10.2 Å². The minimum absolute atomic E-state index is 0.0736. The average molecular weight is 687 g/mol. The number of nitrogens with zero attached hydrogens (tertiary/aromatic N) is 5. The number of likely N-dealkylation sites (tertiary alicyclic amines) is 1. The molecule has 5 fully saturated rings. The monoisotopic (exact) mass is 686 g/mol. The highest BCUT2D eigenvalue weighted by Crippen LogP contribution is 2.45. The molecule has 1 spiro atoms. The number of piperidine rings is 1. The summed E-state index contributed by atoms with van der Waals surface area (Å²) in [6, 6.07) is 3.75. The Labute approximate surface area is 282 Å². The molecule has 3 atom stereocenters. The molecular formula is C34H47FN6O6S. The highest BCUT2D eigenvalue weighted by atomic mass is 32.2. The van der Waals surface area contributed by atoms with Crippen LogP contribution in [0.3, 0.4) is 0 Å². The second-order valence-corrected chi connectivity index (χ2v) is 16.5. The van der Waals surface area contributed by atoms with Crippen LogP contribution in [0, 0.1) is 11.2 Å². The summed E-state index contributed by atoms with van der Waals surface area (Å²) in [5.74, 6) is 0.557. The number of ether oxygens (including phenoxy) is 3. The molecule has 12 nitrogen and oxygen atoms in total. The Morgan fingerprint density at radius 2 is 1.92 bits per heavy atom. The molecule has 4 aliphatic heterocycles. The molecule has 1 saturated carbocycles. The van der Waals surface area contributed by atoms with Gasteiger partial charge in [-0.3, -0.25) is 4.79 Å². The number of carbonyl (C=O) groups excluding carboxylic acids is 1. The van der Waals surface area contributed by atoms with E-state index in [9.17, 15) is 17.6 Å². The Hall–Kier alpha value is -2.91. The number of halogens is 1. The number of benzene rings is 1.